The van der Waals surface area contributed by atoms with E-state index in [1.54, 1.807) is 4.46 Å². The summed E-state index contributed by atoms with van der Waals surface area (Å²) in [7, 11) is 0. The molecule has 1 aromatic carbocycles. The Bertz CT molecular complexity index is 389. The zero-order valence-electron chi connectivity index (χ0n) is 10.6. The summed E-state index contributed by atoms with van der Waals surface area (Å²) in [6, 6.07) is 12.6. The van der Waals surface area contributed by atoms with Crippen LogP contribution in [0, 0.1) is 5.92 Å². The van der Waals surface area contributed by atoms with E-state index in [0.29, 0.717) is 19.3 Å². The first-order valence-electron chi connectivity index (χ1n) is 6.67. The molecule has 1 aliphatic heterocycles. The molecule has 1 saturated heterocycles. The van der Waals surface area contributed by atoms with Crippen LogP contribution in [0.4, 0.5) is 0 Å². The normalized spacial score (nSPS) is 40.5. The summed E-state index contributed by atoms with van der Waals surface area (Å²) in [6.45, 7) is 4.87. The van der Waals surface area contributed by atoms with Crippen LogP contribution in [0.5, 0.6) is 0 Å². The second-order valence-corrected chi connectivity index (χ2v) is 9.14. The molecule has 0 amide bonds. The van der Waals surface area contributed by atoms with Crippen LogP contribution in [-0.4, -0.2) is 27.0 Å². The van der Waals surface area contributed by atoms with E-state index in [-0.39, 0.29) is 0 Å². The SMILES string of the molecule is CC1N[C@H]2C[C@@H]1CC[C@]2(C)[Se]c1ccccc1. The second kappa shape index (κ2) is 4.42. The van der Waals surface area contributed by atoms with Gasteiger partial charge in [0, 0.05) is 0 Å². The van der Waals surface area contributed by atoms with Gasteiger partial charge in [-0.25, -0.2) is 0 Å². The monoisotopic (exact) mass is 295 g/mol. The van der Waals surface area contributed by atoms with Crippen LogP contribution < -0.4 is 9.78 Å². The molecular formula is C15H21NSe. The molecule has 0 spiro atoms. The molecule has 4 atom stereocenters. The van der Waals surface area contributed by atoms with E-state index in [4.69, 9.17) is 0 Å². The van der Waals surface area contributed by atoms with Crippen molar-refractivity contribution >= 4 is 19.4 Å². The van der Waals surface area contributed by atoms with Crippen molar-refractivity contribution in [2.24, 2.45) is 5.92 Å². The van der Waals surface area contributed by atoms with Crippen LogP contribution >= 0.6 is 0 Å². The molecule has 1 unspecified atom stereocenters. The van der Waals surface area contributed by atoms with Gasteiger partial charge in [-0.15, -0.1) is 0 Å². The first-order chi connectivity index (χ1) is 8.17. The van der Waals surface area contributed by atoms with Crippen molar-refractivity contribution in [1.29, 1.82) is 0 Å². The molecule has 0 radical (unpaired) electrons. The van der Waals surface area contributed by atoms with Gasteiger partial charge < -0.3 is 0 Å². The van der Waals surface area contributed by atoms with E-state index in [1.165, 1.54) is 19.3 Å². The molecular weight excluding hydrogens is 273 g/mol. The summed E-state index contributed by atoms with van der Waals surface area (Å²) in [6.07, 6.45) is 4.25. The first kappa shape index (κ1) is 11.8. The van der Waals surface area contributed by atoms with Crippen LogP contribution in [0.3, 0.4) is 0 Å². The van der Waals surface area contributed by atoms with Gasteiger partial charge in [-0.3, -0.25) is 0 Å². The summed E-state index contributed by atoms with van der Waals surface area (Å²) in [5.41, 5.74) is 0. The topological polar surface area (TPSA) is 12.0 Å². The second-order valence-electron chi connectivity index (χ2n) is 5.77. The molecule has 2 heteroatoms. The fourth-order valence-corrected chi connectivity index (χ4v) is 6.20. The molecule has 17 heavy (non-hydrogen) atoms. The van der Waals surface area contributed by atoms with Crippen LogP contribution in [0.15, 0.2) is 30.3 Å². The van der Waals surface area contributed by atoms with Gasteiger partial charge in [0.25, 0.3) is 0 Å². The fraction of sp³-hybridized carbons (Fsp3) is 0.600. The Morgan fingerprint density at radius 1 is 1.29 bits per heavy atom. The summed E-state index contributed by atoms with van der Waals surface area (Å²) >= 11 is 0.598. The molecule has 1 N–H and O–H groups in total. The Hall–Kier alpha value is -0.301. The Balaban J connectivity index is 1.78. The maximum absolute atomic E-state index is 3.84. The Labute approximate surface area is 111 Å². The predicted octanol–water partition coefficient (Wildman–Crippen LogP) is 2.36. The number of rotatable bonds is 2. The van der Waals surface area contributed by atoms with Crippen molar-refractivity contribution < 1.29 is 0 Å². The van der Waals surface area contributed by atoms with E-state index in [1.807, 2.05) is 0 Å². The van der Waals surface area contributed by atoms with Gasteiger partial charge in [-0.2, -0.15) is 0 Å². The average molecular weight is 294 g/mol. The standard InChI is InChI=1S/C15H21NSe/c1-11-12-8-9-15(2,14(10-12)16-11)17-13-6-4-3-5-7-13/h3-7,11-12,14,16H,8-10H2,1-2H3/t11?,12-,14-,15-/m0/s1. The van der Waals surface area contributed by atoms with Crippen LogP contribution in [0.1, 0.15) is 33.1 Å². The molecule has 1 aromatic rings. The molecule has 1 heterocycles. The summed E-state index contributed by atoms with van der Waals surface area (Å²) in [5.74, 6) is 0.944. The molecule has 92 valence electrons. The number of benzene rings is 1. The Morgan fingerprint density at radius 3 is 2.82 bits per heavy atom. The van der Waals surface area contributed by atoms with Gasteiger partial charge in [0.15, 0.2) is 0 Å². The third kappa shape index (κ3) is 2.19. The first-order valence-corrected chi connectivity index (χ1v) is 8.39. The van der Waals surface area contributed by atoms with Gasteiger partial charge >= 0.3 is 110 Å². The molecule has 1 saturated carbocycles. The predicted molar refractivity (Wildman–Crippen MR) is 73.9 cm³/mol. The van der Waals surface area contributed by atoms with Crippen molar-refractivity contribution in [1.82, 2.24) is 5.32 Å². The van der Waals surface area contributed by atoms with Crippen molar-refractivity contribution in [3.05, 3.63) is 30.3 Å². The van der Waals surface area contributed by atoms with Gasteiger partial charge in [0.2, 0.25) is 0 Å². The summed E-state index contributed by atoms with van der Waals surface area (Å²) in [5, 5.41) is 3.84. The third-order valence-corrected chi connectivity index (χ3v) is 7.62. The van der Waals surface area contributed by atoms with Crippen LogP contribution in [0.25, 0.3) is 0 Å². The zero-order valence-corrected chi connectivity index (χ0v) is 12.4. The van der Waals surface area contributed by atoms with Crippen LogP contribution in [-0.2, 0) is 0 Å². The summed E-state index contributed by atoms with van der Waals surface area (Å²) in [4.78, 5) is 0. The van der Waals surface area contributed by atoms with Gasteiger partial charge in [0.1, 0.15) is 0 Å². The molecule has 2 aliphatic rings. The number of hydrogen-bond acceptors (Lipinski definition) is 1. The minimum absolute atomic E-state index is 0.523. The molecule has 1 aliphatic carbocycles. The Morgan fingerprint density at radius 2 is 2.06 bits per heavy atom. The van der Waals surface area contributed by atoms with Crippen molar-refractivity contribution in [3.8, 4) is 0 Å². The third-order valence-electron chi connectivity index (χ3n) is 4.55. The molecule has 2 bridgehead atoms. The average Bonchev–Trinajstić information content (AvgIpc) is 2.65. The molecule has 0 aromatic heterocycles. The van der Waals surface area contributed by atoms with Crippen molar-refractivity contribution in [2.75, 3.05) is 0 Å². The summed E-state index contributed by atoms with van der Waals surface area (Å²) < 4.78 is 2.08. The number of nitrogens with one attached hydrogen (secondary N) is 1. The Kier molecular flexibility index (Phi) is 3.06. The van der Waals surface area contributed by atoms with E-state index in [2.05, 4.69) is 49.5 Å². The van der Waals surface area contributed by atoms with Crippen molar-refractivity contribution in [2.45, 2.75) is 49.5 Å². The van der Waals surface area contributed by atoms with Gasteiger partial charge in [-0.05, 0) is 0 Å². The van der Waals surface area contributed by atoms with Gasteiger partial charge in [-0.1, -0.05) is 0 Å². The molecule has 2 fully saturated rings. The maximum atomic E-state index is 3.84. The van der Waals surface area contributed by atoms with Crippen LogP contribution in [0.2, 0.25) is 4.31 Å². The van der Waals surface area contributed by atoms with E-state index < -0.39 is 0 Å². The molecule has 3 rings (SSSR count). The van der Waals surface area contributed by atoms with Crippen molar-refractivity contribution in [3.63, 3.8) is 0 Å². The number of hydrogen-bond donors (Lipinski definition) is 1. The zero-order chi connectivity index (χ0) is 11.9. The quantitative estimate of drug-likeness (QED) is 0.826. The minimum atomic E-state index is 0.523. The van der Waals surface area contributed by atoms with E-state index >= 15 is 0 Å². The van der Waals surface area contributed by atoms with E-state index in [0.717, 1.165) is 18.0 Å². The fourth-order valence-electron chi connectivity index (χ4n) is 3.35. The van der Waals surface area contributed by atoms with E-state index in [9.17, 15) is 0 Å². The molecule has 1 nitrogen and oxygen atoms in total. The number of fused-ring (bicyclic) bond motifs is 2. The van der Waals surface area contributed by atoms with Gasteiger partial charge in [0.05, 0.1) is 0 Å².